The molecule has 3 aromatic carbocycles. The van der Waals surface area contributed by atoms with Gasteiger partial charge in [0.05, 0.1) is 6.04 Å². The molecule has 2 aliphatic heterocycles. The van der Waals surface area contributed by atoms with E-state index in [2.05, 4.69) is 21.7 Å². The molecule has 0 fully saturated rings. The zero-order valence-corrected chi connectivity index (χ0v) is 22.1. The van der Waals surface area contributed by atoms with Crippen LogP contribution in [0.15, 0.2) is 78.9 Å². The Bertz CT molecular complexity index is 1560. The quantitative estimate of drug-likeness (QED) is 0.335. The van der Waals surface area contributed by atoms with Gasteiger partial charge in [0.25, 0.3) is 5.91 Å². The molecule has 198 valence electrons. The summed E-state index contributed by atoms with van der Waals surface area (Å²) >= 11 is 0. The Hall–Kier alpha value is -4.39. The molecule has 39 heavy (non-hydrogen) atoms. The van der Waals surface area contributed by atoms with E-state index in [9.17, 15) is 14.4 Å². The van der Waals surface area contributed by atoms with Gasteiger partial charge in [0, 0.05) is 35.1 Å². The van der Waals surface area contributed by atoms with Crippen LogP contribution in [0.5, 0.6) is 0 Å². The first kappa shape index (κ1) is 24.9. The van der Waals surface area contributed by atoms with Gasteiger partial charge >= 0.3 is 0 Å². The molecule has 4 aromatic rings. The minimum atomic E-state index is -0.738. The lowest BCUT2D eigenvalue weighted by atomic mass is 9.89. The first-order valence-corrected chi connectivity index (χ1v) is 13.6. The summed E-state index contributed by atoms with van der Waals surface area (Å²) in [5.41, 5.74) is 5.49. The minimum Gasteiger partial charge on any atom is -0.356 e. The Morgan fingerprint density at radius 3 is 2.49 bits per heavy atom. The van der Waals surface area contributed by atoms with Gasteiger partial charge in [-0.25, -0.2) is 0 Å². The fourth-order valence-electron chi connectivity index (χ4n) is 6.02. The number of rotatable bonds is 7. The van der Waals surface area contributed by atoms with E-state index in [0.717, 1.165) is 33.3 Å². The first-order chi connectivity index (χ1) is 18.9. The van der Waals surface area contributed by atoms with Crippen LogP contribution in [-0.4, -0.2) is 39.7 Å². The lowest BCUT2D eigenvalue weighted by Crippen LogP contribution is -2.56. The highest BCUT2D eigenvalue weighted by atomic mass is 16.2. The van der Waals surface area contributed by atoms with Crippen molar-refractivity contribution in [3.63, 3.8) is 0 Å². The molecule has 3 amide bonds. The monoisotopic (exact) mass is 520 g/mol. The van der Waals surface area contributed by atoms with Gasteiger partial charge in [-0.15, -0.1) is 0 Å². The number of aromatic nitrogens is 1. The second-order valence-electron chi connectivity index (χ2n) is 10.9. The predicted octanol–water partition coefficient (Wildman–Crippen LogP) is 4.49. The number of amides is 3. The minimum absolute atomic E-state index is 0.158. The van der Waals surface area contributed by atoms with Crippen LogP contribution >= 0.6 is 0 Å². The van der Waals surface area contributed by atoms with Crippen molar-refractivity contribution in [3.8, 4) is 0 Å². The number of carbonyl (C=O) groups excluding carboxylic acids is 3. The molecule has 2 aliphatic rings. The number of hydrogen-bond donors (Lipinski definition) is 3. The Balaban J connectivity index is 1.31. The number of para-hydroxylation sites is 1. The summed E-state index contributed by atoms with van der Waals surface area (Å²) < 4.78 is 0. The lowest BCUT2D eigenvalue weighted by Gasteiger charge is -2.37. The van der Waals surface area contributed by atoms with Crippen molar-refractivity contribution in [1.82, 2.24) is 20.5 Å². The van der Waals surface area contributed by atoms with Gasteiger partial charge in [0.15, 0.2) is 0 Å². The summed E-state index contributed by atoms with van der Waals surface area (Å²) in [6, 6.07) is 23.5. The fraction of sp³-hybridized carbons (Fsp3) is 0.281. The van der Waals surface area contributed by atoms with Crippen molar-refractivity contribution >= 4 is 28.6 Å². The first-order valence-electron chi connectivity index (χ1n) is 13.6. The molecule has 3 heterocycles. The Morgan fingerprint density at radius 2 is 1.69 bits per heavy atom. The standard InChI is InChI=1S/C32H32N4O3/c1-19(2)16-26(30(37)33-18-20-10-4-3-5-11-20)35-31(38)27-17-24-21-12-8-9-15-25(21)34-28(24)29-22-13-6-7-14-23(22)32(39)36(27)29/h3-15,19,26-27,29,34H,16-18H2,1-2H3,(H,33,37)(H,35,38)/t26-,27-,29-/m0/s1. The van der Waals surface area contributed by atoms with Crippen LogP contribution in [0.1, 0.15) is 59.1 Å². The number of H-pyrrole nitrogens is 1. The second kappa shape index (κ2) is 10.1. The number of hydrogen-bond acceptors (Lipinski definition) is 3. The Morgan fingerprint density at radius 1 is 0.974 bits per heavy atom. The van der Waals surface area contributed by atoms with Crippen LogP contribution in [0.3, 0.4) is 0 Å². The highest BCUT2D eigenvalue weighted by Crippen LogP contribution is 2.46. The zero-order chi connectivity index (χ0) is 27.1. The molecule has 0 spiro atoms. The number of nitrogens with one attached hydrogen (secondary N) is 3. The van der Waals surface area contributed by atoms with E-state index in [1.165, 1.54) is 0 Å². The van der Waals surface area contributed by atoms with Gasteiger partial charge in [0.1, 0.15) is 12.1 Å². The molecule has 6 rings (SSSR count). The molecule has 0 radical (unpaired) electrons. The maximum atomic E-state index is 14.0. The summed E-state index contributed by atoms with van der Waals surface area (Å²) in [7, 11) is 0. The molecule has 3 atom stereocenters. The molecular weight excluding hydrogens is 488 g/mol. The van der Waals surface area contributed by atoms with E-state index in [0.29, 0.717) is 24.9 Å². The fourth-order valence-corrected chi connectivity index (χ4v) is 6.02. The number of benzene rings is 3. The molecule has 0 bridgehead atoms. The van der Waals surface area contributed by atoms with E-state index >= 15 is 0 Å². The molecule has 0 unspecified atom stereocenters. The number of fused-ring (bicyclic) bond motifs is 7. The summed E-state index contributed by atoms with van der Waals surface area (Å²) in [4.78, 5) is 46.2. The Labute approximate surface area is 227 Å². The maximum absolute atomic E-state index is 14.0. The van der Waals surface area contributed by atoms with E-state index in [1.54, 1.807) is 4.90 Å². The topological polar surface area (TPSA) is 94.3 Å². The summed E-state index contributed by atoms with van der Waals surface area (Å²) in [6.45, 7) is 4.44. The normalized spacial score (nSPS) is 18.4. The average Bonchev–Trinajstić information content (AvgIpc) is 3.46. The predicted molar refractivity (Wildman–Crippen MR) is 150 cm³/mol. The highest BCUT2D eigenvalue weighted by Gasteiger charge is 2.49. The number of aromatic amines is 1. The van der Waals surface area contributed by atoms with Gasteiger partial charge in [-0.1, -0.05) is 80.6 Å². The lowest BCUT2D eigenvalue weighted by molar-refractivity contribution is -0.132. The molecule has 1 aromatic heterocycles. The maximum Gasteiger partial charge on any atom is 0.255 e. The highest BCUT2D eigenvalue weighted by molar-refractivity contribution is 6.04. The molecule has 0 saturated heterocycles. The van der Waals surface area contributed by atoms with E-state index in [4.69, 9.17) is 0 Å². The van der Waals surface area contributed by atoms with Gasteiger partial charge in [0.2, 0.25) is 11.8 Å². The summed E-state index contributed by atoms with van der Waals surface area (Å²) in [5.74, 6) is -0.501. The van der Waals surface area contributed by atoms with E-state index in [1.807, 2.05) is 86.6 Å². The van der Waals surface area contributed by atoms with Crippen molar-refractivity contribution in [2.45, 2.75) is 51.4 Å². The molecule has 7 nitrogen and oxygen atoms in total. The molecule has 3 N–H and O–H groups in total. The van der Waals surface area contributed by atoms with Crippen LogP contribution in [0.4, 0.5) is 0 Å². The van der Waals surface area contributed by atoms with Crippen molar-refractivity contribution < 1.29 is 14.4 Å². The van der Waals surface area contributed by atoms with Gasteiger partial charge in [-0.2, -0.15) is 0 Å². The number of carbonyl (C=O) groups is 3. The third-order valence-corrected chi connectivity index (χ3v) is 7.80. The molecule has 0 saturated carbocycles. The third-order valence-electron chi connectivity index (χ3n) is 7.80. The van der Waals surface area contributed by atoms with E-state index < -0.39 is 12.1 Å². The van der Waals surface area contributed by atoms with Crippen molar-refractivity contribution in [2.75, 3.05) is 0 Å². The molecular formula is C32H32N4O3. The van der Waals surface area contributed by atoms with Crippen LogP contribution in [-0.2, 0) is 22.6 Å². The van der Waals surface area contributed by atoms with Crippen molar-refractivity contribution in [1.29, 1.82) is 0 Å². The van der Waals surface area contributed by atoms with Crippen LogP contribution in [0.2, 0.25) is 0 Å². The van der Waals surface area contributed by atoms with Crippen LogP contribution in [0, 0.1) is 5.92 Å². The molecule has 7 heteroatoms. The van der Waals surface area contributed by atoms with Gasteiger partial charge in [-0.05, 0) is 41.2 Å². The third kappa shape index (κ3) is 4.48. The largest absolute Gasteiger partial charge is 0.356 e. The zero-order valence-electron chi connectivity index (χ0n) is 22.1. The smallest absolute Gasteiger partial charge is 0.255 e. The average molecular weight is 521 g/mol. The van der Waals surface area contributed by atoms with Crippen molar-refractivity contribution in [3.05, 3.63) is 107 Å². The van der Waals surface area contributed by atoms with Gasteiger partial charge in [-0.3, -0.25) is 14.4 Å². The SMILES string of the molecule is CC(C)C[C@H](NC(=O)[C@@H]1Cc2c([nH]c3ccccc23)[C@@H]2c3ccccc3C(=O)N21)C(=O)NCc1ccccc1. The van der Waals surface area contributed by atoms with Crippen LogP contribution in [0.25, 0.3) is 10.9 Å². The Kier molecular flexibility index (Phi) is 6.43. The second-order valence-corrected chi connectivity index (χ2v) is 10.9. The van der Waals surface area contributed by atoms with Gasteiger partial charge < -0.3 is 20.5 Å². The molecule has 0 aliphatic carbocycles. The van der Waals surface area contributed by atoms with Crippen LogP contribution < -0.4 is 10.6 Å². The van der Waals surface area contributed by atoms with Crippen molar-refractivity contribution in [2.24, 2.45) is 5.92 Å². The summed E-state index contributed by atoms with van der Waals surface area (Å²) in [5, 5.41) is 7.07. The summed E-state index contributed by atoms with van der Waals surface area (Å²) in [6.07, 6.45) is 0.871. The number of nitrogens with zero attached hydrogens (tertiary/aromatic N) is 1. The van der Waals surface area contributed by atoms with E-state index in [-0.39, 0.29) is 29.7 Å².